The molecule has 2 atom stereocenters. The predicted molar refractivity (Wildman–Crippen MR) is 86.2 cm³/mol. The van der Waals surface area contributed by atoms with Crippen molar-refractivity contribution in [1.29, 1.82) is 0 Å². The summed E-state index contributed by atoms with van der Waals surface area (Å²) < 4.78 is 32.8. The minimum Gasteiger partial charge on any atom is -0.748 e. The van der Waals surface area contributed by atoms with Crippen molar-refractivity contribution in [2.45, 2.75) is 102 Å². The van der Waals surface area contributed by atoms with Crippen LogP contribution in [0, 0.1) is 0 Å². The number of rotatable bonds is 14. The molecule has 0 spiro atoms. The summed E-state index contributed by atoms with van der Waals surface area (Å²) in [5.41, 5.74) is 0. The molecule has 0 aliphatic carbocycles. The van der Waals surface area contributed by atoms with Crippen molar-refractivity contribution in [2.75, 3.05) is 0 Å². The topological polar surface area (TPSA) is 77.4 Å². The predicted octanol–water partition coefficient (Wildman–Crippen LogP) is 0.986. The summed E-state index contributed by atoms with van der Waals surface area (Å²) in [4.78, 5) is 0. The zero-order valence-corrected chi connectivity index (χ0v) is 18.7. The van der Waals surface area contributed by atoms with Gasteiger partial charge in [-0.05, 0) is 25.7 Å². The van der Waals surface area contributed by atoms with Crippen LogP contribution in [0.4, 0.5) is 0 Å². The van der Waals surface area contributed by atoms with Crippen LogP contribution in [0.25, 0.3) is 0 Å². The van der Waals surface area contributed by atoms with Gasteiger partial charge in [0.25, 0.3) is 0 Å². The maximum atomic E-state index is 10.9. The second-order valence-corrected chi connectivity index (χ2v) is 7.67. The van der Waals surface area contributed by atoms with Crippen LogP contribution in [-0.4, -0.2) is 29.4 Å². The van der Waals surface area contributed by atoms with Crippen LogP contribution >= 0.6 is 0 Å². The van der Waals surface area contributed by atoms with Crippen LogP contribution in [0.1, 0.15) is 90.9 Å². The molecule has 0 aromatic carbocycles. The van der Waals surface area contributed by atoms with Crippen LogP contribution < -0.4 is 51.4 Å². The Kier molecular flexibility index (Phi) is 18.7. The fraction of sp³-hybridized carbons (Fsp3) is 1.00. The Hall–Kier alpha value is 1.51. The van der Waals surface area contributed by atoms with E-state index >= 15 is 0 Å². The second-order valence-electron chi connectivity index (χ2n) is 6.02. The molecule has 0 saturated carbocycles. The summed E-state index contributed by atoms with van der Waals surface area (Å²) in [5, 5.41) is 8.99. The molecule has 128 valence electrons. The molecule has 0 rings (SSSR count). The van der Waals surface area contributed by atoms with Crippen LogP contribution in [0.5, 0.6) is 0 Å². The van der Waals surface area contributed by atoms with E-state index in [0.29, 0.717) is 19.3 Å². The third-order valence-electron chi connectivity index (χ3n) is 4.08. The Bertz CT molecular complexity index is 333. The molecule has 0 heterocycles. The molecular formula is C16H33KO4S. The van der Waals surface area contributed by atoms with Gasteiger partial charge in [-0.1, -0.05) is 65.2 Å². The van der Waals surface area contributed by atoms with Crippen LogP contribution in [-0.2, 0) is 10.1 Å². The molecule has 6 heteroatoms. The normalized spacial score (nSPS) is 14.4. The molecule has 0 aromatic heterocycles. The fourth-order valence-electron chi connectivity index (χ4n) is 2.59. The van der Waals surface area contributed by atoms with Crippen molar-refractivity contribution >= 4 is 10.1 Å². The molecular weight excluding hydrogens is 327 g/mol. The van der Waals surface area contributed by atoms with Crippen molar-refractivity contribution < 1.29 is 69.5 Å². The van der Waals surface area contributed by atoms with Crippen molar-refractivity contribution in [1.82, 2.24) is 0 Å². The first kappa shape index (κ1) is 25.7. The van der Waals surface area contributed by atoms with Crippen molar-refractivity contribution in [2.24, 2.45) is 0 Å². The van der Waals surface area contributed by atoms with E-state index in [1.807, 2.05) is 0 Å². The Labute approximate surface area is 180 Å². The number of unbranched alkanes of at least 4 members (excludes halogenated alkanes) is 7. The molecule has 0 radical (unpaired) electrons. The molecule has 1 N–H and O–H groups in total. The van der Waals surface area contributed by atoms with Gasteiger partial charge in [0.1, 0.15) is 0 Å². The van der Waals surface area contributed by atoms with Crippen molar-refractivity contribution in [3.05, 3.63) is 0 Å². The van der Waals surface area contributed by atoms with Gasteiger partial charge in [-0.15, -0.1) is 0 Å². The zero-order chi connectivity index (χ0) is 16.1. The first-order chi connectivity index (χ1) is 9.91. The molecule has 22 heavy (non-hydrogen) atoms. The second kappa shape index (κ2) is 16.0. The minimum absolute atomic E-state index is 0. The van der Waals surface area contributed by atoms with Crippen LogP contribution in [0.15, 0.2) is 0 Å². The minimum atomic E-state index is -4.21. The van der Waals surface area contributed by atoms with Crippen molar-refractivity contribution in [3.8, 4) is 0 Å². The molecule has 0 fully saturated rings. The van der Waals surface area contributed by atoms with E-state index in [-0.39, 0.29) is 57.8 Å². The summed E-state index contributed by atoms with van der Waals surface area (Å²) in [6.07, 6.45) is 11.1. The molecule has 0 saturated heterocycles. The quantitative estimate of drug-likeness (QED) is 0.285. The Morgan fingerprint density at radius 3 is 1.82 bits per heavy atom. The van der Waals surface area contributed by atoms with Gasteiger partial charge in [-0.25, -0.2) is 8.42 Å². The van der Waals surface area contributed by atoms with E-state index in [1.165, 1.54) is 38.5 Å². The van der Waals surface area contributed by atoms with E-state index in [2.05, 4.69) is 6.92 Å². The maximum Gasteiger partial charge on any atom is 1.00 e. The van der Waals surface area contributed by atoms with Gasteiger partial charge >= 0.3 is 51.4 Å². The van der Waals surface area contributed by atoms with Gasteiger partial charge in [0.15, 0.2) is 0 Å². The number of hydrogen-bond donors (Lipinski definition) is 1. The van der Waals surface area contributed by atoms with Gasteiger partial charge in [-0.2, -0.15) is 0 Å². The standard InChI is InChI=1S/C16H34O4S.K/c1-3-5-6-7-8-9-10-11-12-15(17)13-14-16(4-2)21(18,19)20;/h15-17H,3-14H2,1-2H3,(H,18,19,20);/q;+1/p-1. The van der Waals surface area contributed by atoms with E-state index < -0.39 is 21.5 Å². The molecule has 0 aliphatic heterocycles. The summed E-state index contributed by atoms with van der Waals surface area (Å²) in [7, 11) is -4.21. The average molecular weight is 361 g/mol. The largest absolute Gasteiger partial charge is 1.00 e. The third-order valence-corrected chi connectivity index (χ3v) is 5.46. The van der Waals surface area contributed by atoms with Gasteiger partial charge in [-0.3, -0.25) is 0 Å². The average Bonchev–Trinajstić information content (AvgIpc) is 2.41. The summed E-state index contributed by atoms with van der Waals surface area (Å²) >= 11 is 0. The molecule has 2 unspecified atom stereocenters. The molecule has 0 aromatic rings. The van der Waals surface area contributed by atoms with Gasteiger partial charge in [0.05, 0.1) is 16.2 Å². The maximum absolute atomic E-state index is 10.9. The van der Waals surface area contributed by atoms with Crippen LogP contribution in [0.3, 0.4) is 0 Å². The van der Waals surface area contributed by atoms with E-state index in [0.717, 1.165) is 12.8 Å². The summed E-state index contributed by atoms with van der Waals surface area (Å²) in [5.74, 6) is 0. The van der Waals surface area contributed by atoms with E-state index in [1.54, 1.807) is 6.92 Å². The van der Waals surface area contributed by atoms with Gasteiger partial charge < -0.3 is 9.66 Å². The molecule has 0 bridgehead atoms. The molecule has 0 amide bonds. The summed E-state index contributed by atoms with van der Waals surface area (Å²) in [6, 6.07) is 0. The van der Waals surface area contributed by atoms with Crippen molar-refractivity contribution in [3.63, 3.8) is 0 Å². The SMILES string of the molecule is CCCCCCCCCCC(O)CCC(CC)S(=O)(=O)[O-].[K+]. The van der Waals surface area contributed by atoms with Gasteiger partial charge in [0.2, 0.25) is 0 Å². The first-order valence-electron chi connectivity index (χ1n) is 8.54. The van der Waals surface area contributed by atoms with E-state index in [4.69, 9.17) is 0 Å². The fourth-order valence-corrected chi connectivity index (χ4v) is 3.42. The van der Waals surface area contributed by atoms with E-state index in [9.17, 15) is 18.1 Å². The Balaban J connectivity index is 0. The Morgan fingerprint density at radius 2 is 1.36 bits per heavy atom. The molecule has 0 aliphatic rings. The number of aliphatic hydroxyl groups is 1. The monoisotopic (exact) mass is 360 g/mol. The first-order valence-corrected chi connectivity index (χ1v) is 10.0. The summed E-state index contributed by atoms with van der Waals surface area (Å²) in [6.45, 7) is 3.91. The Morgan fingerprint density at radius 1 is 0.864 bits per heavy atom. The molecule has 4 nitrogen and oxygen atoms in total. The van der Waals surface area contributed by atoms with Gasteiger partial charge in [0, 0.05) is 5.25 Å². The third kappa shape index (κ3) is 15.1. The zero-order valence-electron chi connectivity index (χ0n) is 14.7. The van der Waals surface area contributed by atoms with Crippen LogP contribution in [0.2, 0.25) is 0 Å². The number of hydrogen-bond acceptors (Lipinski definition) is 4. The smallest absolute Gasteiger partial charge is 0.748 e. The number of aliphatic hydroxyl groups excluding tert-OH is 1.